The molecule has 2 aromatic rings. The molecule has 93 heavy (non-hydrogen) atoms. The van der Waals surface area contributed by atoms with Crippen molar-refractivity contribution in [1.29, 1.82) is 0 Å². The molecule has 0 unspecified atom stereocenters. The fourth-order valence-corrected chi connectivity index (χ4v) is 11.7. The number of aromatic nitrogens is 2. The molecule has 508 valence electrons. The minimum absolute atomic E-state index is 0.0146. The first-order valence-electron chi connectivity index (χ1n) is 30.7. The zero-order valence-corrected chi connectivity index (χ0v) is 51.7. The van der Waals surface area contributed by atoms with E-state index in [2.05, 4.69) is 52.2 Å². The van der Waals surface area contributed by atoms with Crippen LogP contribution < -0.4 is 60.2 Å². The number of amides is 12. The van der Waals surface area contributed by atoms with Crippen LogP contribution in [0.15, 0.2) is 47.8 Å². The Morgan fingerprint density at radius 2 is 1.14 bits per heavy atom. The smallest absolute Gasteiger partial charge is 0.326 e. The lowest BCUT2D eigenvalue weighted by atomic mass is 10.0. The lowest BCUT2D eigenvalue weighted by Crippen LogP contribution is -2.61. The van der Waals surface area contributed by atoms with Gasteiger partial charge in [-0.05, 0) is 83.6 Å². The van der Waals surface area contributed by atoms with Crippen LogP contribution in [0.3, 0.4) is 0 Å². The molecule has 1 aromatic heterocycles. The van der Waals surface area contributed by atoms with Gasteiger partial charge in [0.15, 0.2) is 5.96 Å². The van der Waals surface area contributed by atoms with Crippen LogP contribution >= 0.6 is 0 Å². The number of carbonyl (C=O) groups is 14. The molecule has 12 atom stereocenters. The minimum atomic E-state index is -1.80. The summed E-state index contributed by atoms with van der Waals surface area (Å²) in [6.07, 6.45) is 1.57. The Kier molecular flexibility index (Phi) is 26.4. The number of aliphatic hydroxyl groups is 1. The number of aromatic amines is 1. The number of nitrogens with one attached hydrogen (secondary N) is 8. The molecule has 4 aliphatic rings. The quantitative estimate of drug-likeness (QED) is 0.0184. The summed E-state index contributed by atoms with van der Waals surface area (Å²) in [4.78, 5) is 204. The molecule has 5 heterocycles. The topological polar surface area (TPSA) is 542 Å². The van der Waals surface area contributed by atoms with Gasteiger partial charge in [-0.15, -0.1) is 0 Å². The van der Waals surface area contributed by atoms with E-state index in [1.54, 1.807) is 30.3 Å². The Labute approximate surface area is 534 Å². The zero-order chi connectivity index (χ0) is 68.2. The van der Waals surface area contributed by atoms with Crippen molar-refractivity contribution in [2.45, 2.75) is 176 Å². The van der Waals surface area contributed by atoms with Crippen molar-refractivity contribution >= 4 is 88.8 Å². The van der Waals surface area contributed by atoms with Gasteiger partial charge in [-0.2, -0.15) is 0 Å². The fourth-order valence-electron chi connectivity index (χ4n) is 11.7. The van der Waals surface area contributed by atoms with Crippen LogP contribution in [0, 0.1) is 0 Å². The van der Waals surface area contributed by atoms with Crippen LogP contribution in [0.4, 0.5) is 0 Å². The number of hydrogen-bond acceptors (Lipinski definition) is 18. The molecular weight excluding hydrogens is 1220 g/mol. The summed E-state index contributed by atoms with van der Waals surface area (Å²) in [5.41, 5.74) is 23.0. The van der Waals surface area contributed by atoms with Crippen molar-refractivity contribution < 1.29 is 82.4 Å². The van der Waals surface area contributed by atoms with E-state index in [9.17, 15) is 77.3 Å². The van der Waals surface area contributed by atoms with E-state index >= 15 is 0 Å². The number of primary amides is 1. The molecule has 4 saturated heterocycles. The van der Waals surface area contributed by atoms with E-state index in [4.69, 9.17) is 28.0 Å². The van der Waals surface area contributed by atoms with Crippen LogP contribution in [0.25, 0.3) is 0 Å². The number of aliphatic imine (C=N–C) groups is 1. The van der Waals surface area contributed by atoms with Crippen LogP contribution in [-0.2, 0) is 80.0 Å². The molecule has 1 aromatic carbocycles. The van der Waals surface area contributed by atoms with Crippen molar-refractivity contribution in [3.8, 4) is 0 Å². The number of imidazole rings is 1. The lowest BCUT2D eigenvalue weighted by Gasteiger charge is -2.31. The Morgan fingerprint density at radius 3 is 1.68 bits per heavy atom. The number of nitrogens with two attached hydrogens (primary N) is 4. The maximum absolute atomic E-state index is 14.6. The molecule has 0 aliphatic carbocycles. The molecule has 6 rings (SSSR count). The molecule has 19 N–H and O–H groups in total. The largest absolute Gasteiger partial charge is 0.481 e. The van der Waals surface area contributed by atoms with E-state index in [0.717, 1.165) is 16.7 Å². The van der Waals surface area contributed by atoms with Crippen LogP contribution in [0.2, 0.25) is 0 Å². The first-order valence-corrected chi connectivity index (χ1v) is 30.7. The molecule has 4 aliphatic heterocycles. The molecule has 0 bridgehead atoms. The molecule has 0 saturated carbocycles. The number of benzene rings is 1. The maximum atomic E-state index is 14.6. The van der Waals surface area contributed by atoms with Crippen LogP contribution in [0.1, 0.15) is 102 Å². The summed E-state index contributed by atoms with van der Waals surface area (Å²) in [7, 11) is 0. The highest BCUT2D eigenvalue weighted by atomic mass is 16.4. The van der Waals surface area contributed by atoms with Crippen molar-refractivity contribution in [2.75, 3.05) is 39.3 Å². The number of carbonyl (C=O) groups excluding carboxylic acids is 12. The molecule has 35 nitrogen and oxygen atoms in total. The Morgan fingerprint density at radius 1 is 0.613 bits per heavy atom. The van der Waals surface area contributed by atoms with E-state index in [-0.39, 0.29) is 96.5 Å². The number of hydrogen-bond donors (Lipinski definition) is 15. The molecule has 12 amide bonds. The van der Waals surface area contributed by atoms with E-state index in [0.29, 0.717) is 30.5 Å². The van der Waals surface area contributed by atoms with Gasteiger partial charge >= 0.3 is 11.9 Å². The Balaban J connectivity index is 1.07. The van der Waals surface area contributed by atoms with E-state index in [1.807, 2.05) is 0 Å². The van der Waals surface area contributed by atoms with Crippen LogP contribution in [0.5, 0.6) is 0 Å². The van der Waals surface area contributed by atoms with Gasteiger partial charge in [-0.25, -0.2) is 9.78 Å². The van der Waals surface area contributed by atoms with Crippen molar-refractivity contribution in [3.63, 3.8) is 0 Å². The van der Waals surface area contributed by atoms with Gasteiger partial charge in [0.2, 0.25) is 70.9 Å². The van der Waals surface area contributed by atoms with Crippen molar-refractivity contribution in [3.05, 3.63) is 54.1 Å². The number of likely N-dealkylation sites (tertiary alicyclic amines) is 4. The number of carboxylic acid groups (broad SMARTS) is 2. The summed E-state index contributed by atoms with van der Waals surface area (Å²) < 4.78 is 0. The fraction of sp³-hybridized carbons (Fsp3) is 0.586. The van der Waals surface area contributed by atoms with Gasteiger partial charge in [0.05, 0.1) is 37.9 Å². The van der Waals surface area contributed by atoms with Gasteiger partial charge in [0.25, 0.3) is 0 Å². The number of rotatable bonds is 32. The average Bonchev–Trinajstić information content (AvgIpc) is 1.82. The summed E-state index contributed by atoms with van der Waals surface area (Å²) in [6.45, 7) is 2.04. The minimum Gasteiger partial charge on any atom is -0.481 e. The summed E-state index contributed by atoms with van der Waals surface area (Å²) in [5, 5.41) is 47.3. The molecular formula is C58H84N18O17. The van der Waals surface area contributed by atoms with Gasteiger partial charge in [0.1, 0.15) is 60.4 Å². The number of H-pyrrole nitrogens is 1. The van der Waals surface area contributed by atoms with Crippen molar-refractivity contribution in [2.24, 2.45) is 27.9 Å². The van der Waals surface area contributed by atoms with Gasteiger partial charge in [-0.1, -0.05) is 30.3 Å². The number of aliphatic carboxylic acids is 2. The lowest BCUT2D eigenvalue weighted by molar-refractivity contribution is -0.145. The first-order chi connectivity index (χ1) is 44.1. The number of carboxylic acids is 2. The van der Waals surface area contributed by atoms with Gasteiger partial charge < -0.3 is 100 Å². The number of guanidine groups is 1. The van der Waals surface area contributed by atoms with Gasteiger partial charge in [0, 0.05) is 57.5 Å². The zero-order valence-electron chi connectivity index (χ0n) is 51.7. The molecule has 35 heteroatoms. The Hall–Kier alpha value is -9.80. The second-order valence-corrected chi connectivity index (χ2v) is 23.4. The summed E-state index contributed by atoms with van der Waals surface area (Å²) >= 11 is 0. The highest BCUT2D eigenvalue weighted by molar-refractivity contribution is 6.00. The van der Waals surface area contributed by atoms with E-state index in [1.165, 1.54) is 29.2 Å². The first kappa shape index (κ1) is 72.3. The van der Waals surface area contributed by atoms with Gasteiger partial charge in [-0.3, -0.25) is 67.3 Å². The van der Waals surface area contributed by atoms with Crippen molar-refractivity contribution in [1.82, 2.24) is 66.8 Å². The standard InChI is InChI=1S/C58H84N18O17/c1-30(67-50(85)41-16-9-20-74(41)54(89)34(59)25-45(80)81)47(82)72-46(31(2)77)53(88)71-38(26-43(60)78)56(91)75-21-8-14-39(75)49(84)65-28-44(79)73-19-7-15-40(73)51(86)69-36(24-33-27-63-29-66-33)48(83)70-37(23-32-11-4-3-5-12-32)55(90)76-22-10-17-42(76)52(87)68-35(57(92)93)13-6-18-64-58(61)62/h3-5,11-12,27,29-31,34-42,46,77H,6-10,13-26,28,59H2,1-2H3,(H2,60,78)(H,63,66)(H,65,84)(H,67,85)(H,68,87)(H,69,86)(H,70,83)(H,71,88)(H,72,82)(H,80,81)(H,92,93)(H4,61,62,64)/t30-,31+,34-,35-,36-,37-,38-,39-,40-,41-,42-,46-/m0/s1. The number of nitrogens with zero attached hydrogens (tertiary/aromatic N) is 6. The molecule has 0 radical (unpaired) electrons. The average molecular weight is 1310 g/mol. The second kappa shape index (κ2) is 34.0. The highest BCUT2D eigenvalue weighted by Gasteiger charge is 2.44. The monoisotopic (exact) mass is 1300 g/mol. The SMILES string of the molecule is C[C@H](NC(=O)[C@@H]1CCCN1C(=O)[C@@H](N)CC(=O)O)C(=O)N[C@H](C(=O)N[C@@H](CC(N)=O)C(=O)N1CCC[C@H]1C(=O)NCC(=O)N1CCC[C@H]1C(=O)N[C@@H](Cc1cnc[nH]1)C(=O)N[C@@H](Cc1ccccc1)C(=O)N1CCC[C@H]1C(=O)N[C@@H](CCCN=C(N)N)C(=O)O)[C@@H](C)O. The van der Waals surface area contributed by atoms with Crippen LogP contribution in [-0.4, -0.2) is 246 Å². The second-order valence-electron chi connectivity index (χ2n) is 23.4. The molecule has 0 spiro atoms. The third kappa shape index (κ3) is 20.3. The summed E-state index contributed by atoms with van der Waals surface area (Å²) in [5.74, 6) is -13.0. The summed E-state index contributed by atoms with van der Waals surface area (Å²) in [6, 6.07) is -6.28. The predicted octanol–water partition coefficient (Wildman–Crippen LogP) is -6.60. The normalized spacial score (nSPS) is 20.3. The third-order valence-electron chi connectivity index (χ3n) is 16.4. The molecule has 4 fully saturated rings. The van der Waals surface area contributed by atoms with E-state index < -0.39 is 175 Å². The Bertz CT molecular complexity index is 3090. The third-order valence-corrected chi connectivity index (χ3v) is 16.4. The number of aliphatic hydroxyl groups excluding tert-OH is 1. The maximum Gasteiger partial charge on any atom is 0.326 e. The highest BCUT2D eigenvalue weighted by Crippen LogP contribution is 2.24. The predicted molar refractivity (Wildman–Crippen MR) is 325 cm³/mol.